The van der Waals surface area contributed by atoms with E-state index in [1.807, 2.05) is 0 Å². The fourth-order valence-corrected chi connectivity index (χ4v) is 3.16. The summed E-state index contributed by atoms with van der Waals surface area (Å²) in [4.78, 5) is 36.4. The fraction of sp³-hybridized carbons (Fsp3) is 0.231. The molecule has 2 aromatic carbocycles. The third-order valence-electron chi connectivity index (χ3n) is 4.69. The molecule has 9 nitrogen and oxygen atoms in total. The van der Waals surface area contributed by atoms with E-state index in [1.165, 1.54) is 13.1 Å². The number of nitrogens with one attached hydrogen (secondary N) is 2. The number of para-hydroxylation sites is 1. The van der Waals surface area contributed by atoms with E-state index in [0.717, 1.165) is 0 Å². The lowest BCUT2D eigenvalue weighted by atomic mass is 10.1. The molecule has 0 bridgehead atoms. The maximum atomic E-state index is 12.2. The van der Waals surface area contributed by atoms with E-state index in [4.69, 9.17) is 25.5 Å². The average Bonchev–Trinajstić information content (AvgIpc) is 3.32. The van der Waals surface area contributed by atoms with Gasteiger partial charge in [0, 0.05) is 5.56 Å². The number of hydrazone groups is 1. The van der Waals surface area contributed by atoms with Crippen LogP contribution in [0.1, 0.15) is 36.9 Å². The molecule has 0 saturated carbocycles. The van der Waals surface area contributed by atoms with Crippen molar-refractivity contribution >= 4 is 35.6 Å². The topological polar surface area (TPSA) is 119 Å². The first kappa shape index (κ1) is 26.5. The van der Waals surface area contributed by atoms with Crippen LogP contribution in [0.2, 0.25) is 5.02 Å². The highest BCUT2D eigenvalue weighted by atomic mass is 35.5. The lowest BCUT2D eigenvalue weighted by Gasteiger charge is -2.13. The maximum absolute atomic E-state index is 12.2. The normalized spacial score (nSPS) is 11.8. The highest BCUT2D eigenvalue weighted by Gasteiger charge is 2.16. The van der Waals surface area contributed by atoms with Gasteiger partial charge in [0.1, 0.15) is 23.3 Å². The molecule has 3 aromatic rings. The number of hydrogen-bond acceptors (Lipinski definition) is 7. The summed E-state index contributed by atoms with van der Waals surface area (Å²) in [7, 11) is 0. The van der Waals surface area contributed by atoms with Gasteiger partial charge in [0.2, 0.25) is 0 Å². The molecule has 0 fully saturated rings. The Kier molecular flexibility index (Phi) is 9.24. The van der Waals surface area contributed by atoms with E-state index in [-0.39, 0.29) is 12.7 Å². The minimum atomic E-state index is -0.856. The molecule has 2 amide bonds. The van der Waals surface area contributed by atoms with Gasteiger partial charge in [0.25, 0.3) is 11.8 Å². The molecular weight excluding hydrogens is 486 g/mol. The number of hydrogen-bond donors (Lipinski definition) is 2. The summed E-state index contributed by atoms with van der Waals surface area (Å²) in [5, 5.41) is 6.77. The molecule has 0 spiro atoms. The maximum Gasteiger partial charge on any atom is 0.338 e. The van der Waals surface area contributed by atoms with Gasteiger partial charge in [-0.2, -0.15) is 5.10 Å². The molecule has 188 valence electrons. The number of carbonyl (C=O) groups is 3. The van der Waals surface area contributed by atoms with Gasteiger partial charge in [0.15, 0.2) is 6.61 Å². The lowest BCUT2D eigenvalue weighted by molar-refractivity contribution is -0.129. The first-order valence-corrected chi connectivity index (χ1v) is 11.5. The number of rotatable bonds is 10. The first-order valence-electron chi connectivity index (χ1n) is 11.1. The monoisotopic (exact) mass is 511 g/mol. The summed E-state index contributed by atoms with van der Waals surface area (Å²) in [5.41, 5.74) is 3.44. The Labute approximate surface area is 213 Å². The SMILES string of the molecule is CC(C)OC(=O)c1cccc(-c2ccc(/C=N\NC(=O)[C@H](C)NC(=O)COc3ccccc3Cl)o2)c1. The molecule has 36 heavy (non-hydrogen) atoms. The number of nitrogens with zero attached hydrogens (tertiary/aromatic N) is 1. The van der Waals surface area contributed by atoms with Crippen LogP contribution < -0.4 is 15.5 Å². The van der Waals surface area contributed by atoms with Crippen LogP contribution in [0.15, 0.2) is 70.2 Å². The average molecular weight is 512 g/mol. The van der Waals surface area contributed by atoms with E-state index in [1.54, 1.807) is 74.5 Å². The van der Waals surface area contributed by atoms with Crippen molar-refractivity contribution in [3.8, 4) is 17.1 Å². The number of amides is 2. The van der Waals surface area contributed by atoms with Gasteiger partial charge in [0.05, 0.1) is 22.9 Å². The molecule has 1 atom stereocenters. The molecule has 0 aliphatic heterocycles. The third kappa shape index (κ3) is 7.71. The highest BCUT2D eigenvalue weighted by molar-refractivity contribution is 6.32. The van der Waals surface area contributed by atoms with Crippen molar-refractivity contribution in [2.75, 3.05) is 6.61 Å². The lowest BCUT2D eigenvalue weighted by Crippen LogP contribution is -2.45. The van der Waals surface area contributed by atoms with E-state index in [0.29, 0.717) is 33.4 Å². The quantitative estimate of drug-likeness (QED) is 0.239. The van der Waals surface area contributed by atoms with Crippen molar-refractivity contribution in [1.82, 2.24) is 10.7 Å². The predicted molar refractivity (Wildman–Crippen MR) is 135 cm³/mol. The van der Waals surface area contributed by atoms with Crippen LogP contribution in [0.25, 0.3) is 11.3 Å². The van der Waals surface area contributed by atoms with E-state index < -0.39 is 23.8 Å². The van der Waals surface area contributed by atoms with Crippen molar-refractivity contribution in [1.29, 1.82) is 0 Å². The number of benzene rings is 2. The van der Waals surface area contributed by atoms with Crippen LogP contribution in [0.3, 0.4) is 0 Å². The van der Waals surface area contributed by atoms with Gasteiger partial charge in [-0.3, -0.25) is 9.59 Å². The Morgan fingerprint density at radius 1 is 1.06 bits per heavy atom. The molecule has 2 N–H and O–H groups in total. The second-order valence-electron chi connectivity index (χ2n) is 7.98. The summed E-state index contributed by atoms with van der Waals surface area (Å²) in [5.74, 6) is -0.167. The van der Waals surface area contributed by atoms with E-state index in [9.17, 15) is 14.4 Å². The van der Waals surface area contributed by atoms with Gasteiger partial charge < -0.3 is 19.2 Å². The molecule has 3 rings (SSSR count). The number of carbonyl (C=O) groups excluding carboxylic acids is 3. The summed E-state index contributed by atoms with van der Waals surface area (Å²) in [6.07, 6.45) is 1.11. The van der Waals surface area contributed by atoms with Gasteiger partial charge >= 0.3 is 5.97 Å². The van der Waals surface area contributed by atoms with Crippen molar-refractivity contribution in [3.05, 3.63) is 77.0 Å². The van der Waals surface area contributed by atoms with Crippen LogP contribution in [-0.2, 0) is 14.3 Å². The molecule has 10 heteroatoms. The van der Waals surface area contributed by atoms with Crippen LogP contribution in [0.5, 0.6) is 5.75 Å². The fourth-order valence-electron chi connectivity index (χ4n) is 2.97. The molecule has 0 unspecified atom stereocenters. The number of furan rings is 1. The molecule has 0 aliphatic rings. The summed E-state index contributed by atoms with van der Waals surface area (Å²) in [6.45, 7) is 4.78. The zero-order valence-electron chi connectivity index (χ0n) is 20.0. The smallest absolute Gasteiger partial charge is 0.338 e. The summed E-state index contributed by atoms with van der Waals surface area (Å²) >= 11 is 5.98. The zero-order valence-corrected chi connectivity index (χ0v) is 20.7. The van der Waals surface area contributed by atoms with Gasteiger partial charge in [-0.05, 0) is 57.2 Å². The largest absolute Gasteiger partial charge is 0.482 e. The predicted octanol–water partition coefficient (Wildman–Crippen LogP) is 4.20. The zero-order chi connectivity index (χ0) is 26.1. The van der Waals surface area contributed by atoms with Crippen molar-refractivity contribution in [3.63, 3.8) is 0 Å². The number of ether oxygens (including phenoxy) is 2. The minimum Gasteiger partial charge on any atom is -0.482 e. The Balaban J connectivity index is 1.50. The molecule has 0 saturated heterocycles. The van der Waals surface area contributed by atoms with Crippen LogP contribution in [-0.4, -0.2) is 42.8 Å². The van der Waals surface area contributed by atoms with Crippen LogP contribution >= 0.6 is 11.6 Å². The Morgan fingerprint density at radius 3 is 2.58 bits per heavy atom. The van der Waals surface area contributed by atoms with Crippen LogP contribution in [0, 0.1) is 0 Å². The van der Waals surface area contributed by atoms with Crippen molar-refractivity contribution in [2.24, 2.45) is 5.10 Å². The highest BCUT2D eigenvalue weighted by Crippen LogP contribution is 2.24. The number of halogens is 1. The van der Waals surface area contributed by atoms with Gasteiger partial charge in [-0.25, -0.2) is 10.2 Å². The number of esters is 1. The van der Waals surface area contributed by atoms with Gasteiger partial charge in [-0.15, -0.1) is 0 Å². The van der Waals surface area contributed by atoms with Gasteiger partial charge in [-0.1, -0.05) is 35.9 Å². The molecule has 0 aliphatic carbocycles. The van der Waals surface area contributed by atoms with Crippen molar-refractivity contribution in [2.45, 2.75) is 32.9 Å². The third-order valence-corrected chi connectivity index (χ3v) is 5.00. The summed E-state index contributed by atoms with van der Waals surface area (Å²) < 4.78 is 16.3. The van der Waals surface area contributed by atoms with Crippen molar-refractivity contribution < 1.29 is 28.3 Å². The summed E-state index contributed by atoms with van der Waals surface area (Å²) in [6, 6.07) is 16.2. The molecule has 1 aromatic heterocycles. The minimum absolute atomic E-state index is 0.222. The van der Waals surface area contributed by atoms with Crippen LogP contribution in [0.4, 0.5) is 0 Å². The first-order chi connectivity index (χ1) is 17.2. The molecule has 0 radical (unpaired) electrons. The molecular formula is C26H26ClN3O6. The Bertz CT molecular complexity index is 1250. The second-order valence-corrected chi connectivity index (χ2v) is 8.39. The second kappa shape index (κ2) is 12.6. The van der Waals surface area contributed by atoms with E-state index >= 15 is 0 Å². The Morgan fingerprint density at radius 2 is 1.83 bits per heavy atom. The standard InChI is InChI=1S/C26H26ClN3O6/c1-16(2)35-26(33)19-8-6-7-18(13-19)22-12-11-20(36-22)14-28-30-25(32)17(3)29-24(31)15-34-23-10-5-4-9-21(23)27/h4-14,16-17H,15H2,1-3H3,(H,29,31)(H,30,32)/b28-14-/t17-/m0/s1. The van der Waals surface area contributed by atoms with E-state index in [2.05, 4.69) is 15.8 Å². The molecule has 1 heterocycles. The Hall–Kier alpha value is -4.11.